The number of aromatic nitrogens is 4. The van der Waals surface area contributed by atoms with Gasteiger partial charge in [-0.3, -0.25) is 4.79 Å². The van der Waals surface area contributed by atoms with Crippen molar-refractivity contribution in [3.05, 3.63) is 62.3 Å². The number of hydrogen-bond acceptors (Lipinski definition) is 6. The fourth-order valence-corrected chi connectivity index (χ4v) is 4.43. The number of imidazole rings is 1. The van der Waals surface area contributed by atoms with Gasteiger partial charge < -0.3 is 15.2 Å². The molecule has 0 saturated heterocycles. The van der Waals surface area contributed by atoms with Crippen LogP contribution in [0.15, 0.2) is 50.0 Å². The Bertz CT molecular complexity index is 1470. The van der Waals surface area contributed by atoms with Crippen molar-refractivity contribution in [2.24, 2.45) is 0 Å². The Morgan fingerprint density at radius 1 is 1.22 bits per heavy atom. The first-order valence-electron chi connectivity index (χ1n) is 7.26. The molecule has 3 N–H and O–H groups in total. The third-order valence-corrected chi connectivity index (χ3v) is 6.09. The molecule has 0 aliphatic carbocycles. The molecule has 0 atom stereocenters. The van der Waals surface area contributed by atoms with Crippen molar-refractivity contribution in [3.8, 4) is 0 Å². The third kappa shape index (κ3) is 2.43. The number of rotatable bonds is 2. The zero-order valence-corrected chi connectivity index (χ0v) is 14.6. The fraction of sp³-hybridized carbons (Fsp3) is 0. The largest absolute Gasteiger partial charge is 0.421 e. The lowest BCUT2D eigenvalue weighted by atomic mass is 10.2. The number of halogens is 2. The quantitative estimate of drug-likeness (QED) is 0.427. The molecule has 0 bridgehead atoms. The molecule has 0 aliphatic rings. The summed E-state index contributed by atoms with van der Waals surface area (Å²) in [5, 5.41) is 8.88. The van der Waals surface area contributed by atoms with Gasteiger partial charge in [0.05, 0.1) is 37.6 Å². The van der Waals surface area contributed by atoms with Gasteiger partial charge in [-0.2, -0.15) is 0 Å². The summed E-state index contributed by atoms with van der Waals surface area (Å²) in [6.45, 7) is 0. The van der Waals surface area contributed by atoms with Crippen LogP contribution in [0.4, 0.5) is 4.39 Å². The first-order chi connectivity index (χ1) is 12.7. The Morgan fingerprint density at radius 2 is 1.96 bits per heavy atom. The maximum Gasteiger partial charge on any atom is 0.362 e. The first-order valence-corrected chi connectivity index (χ1v) is 9.12. The van der Waals surface area contributed by atoms with Gasteiger partial charge in [0.25, 0.3) is 5.56 Å². The van der Waals surface area contributed by atoms with Crippen molar-refractivity contribution < 1.29 is 18.0 Å². The van der Waals surface area contributed by atoms with Crippen molar-refractivity contribution in [1.82, 2.24) is 19.7 Å². The number of nitrogens with zero attached hydrogens (tertiary/aromatic N) is 2. The zero-order valence-electron chi connectivity index (χ0n) is 13.0. The van der Waals surface area contributed by atoms with Gasteiger partial charge in [-0.1, -0.05) is 16.3 Å². The number of H-pyrrole nitrogens is 2. The van der Waals surface area contributed by atoms with E-state index >= 15 is 0 Å². The Balaban J connectivity index is 2.10. The summed E-state index contributed by atoms with van der Waals surface area (Å²) >= 11 is 5.93. The third-order valence-electron chi connectivity index (χ3n) is 4.00. The number of fused-ring (bicyclic) bond motifs is 2. The first kappa shape index (κ1) is 17.2. The summed E-state index contributed by atoms with van der Waals surface area (Å²) in [7, 11) is -4.37. The summed E-state index contributed by atoms with van der Waals surface area (Å²) in [5.74, 6) is -0.864. The zero-order chi connectivity index (χ0) is 19.5. The topological polar surface area (TPSA) is 138 Å². The smallest absolute Gasteiger partial charge is 0.362 e. The van der Waals surface area contributed by atoms with Crippen LogP contribution in [-0.2, 0) is 9.84 Å². The van der Waals surface area contributed by atoms with E-state index < -0.39 is 47.6 Å². The molecule has 0 unspecified atom stereocenters. The van der Waals surface area contributed by atoms with Gasteiger partial charge >= 0.3 is 5.69 Å². The minimum absolute atomic E-state index is 0.0357. The predicted molar refractivity (Wildman–Crippen MR) is 92.5 cm³/mol. The maximum atomic E-state index is 14.2. The number of benzene rings is 2. The van der Waals surface area contributed by atoms with Crippen LogP contribution in [0.2, 0.25) is 5.02 Å². The molecule has 4 aromatic rings. The van der Waals surface area contributed by atoms with E-state index in [0.717, 1.165) is 18.2 Å². The summed E-state index contributed by atoms with van der Waals surface area (Å²) < 4.78 is 40.0. The van der Waals surface area contributed by atoms with Crippen LogP contribution in [-0.4, -0.2) is 33.3 Å². The van der Waals surface area contributed by atoms with Crippen LogP contribution < -0.4 is 11.2 Å². The highest BCUT2D eigenvalue weighted by molar-refractivity contribution is 7.91. The average Bonchev–Trinajstić information content (AvgIpc) is 3.09. The van der Waals surface area contributed by atoms with Crippen molar-refractivity contribution in [2.75, 3.05) is 0 Å². The molecule has 2 heterocycles. The standard InChI is InChI=1S/C15H8ClFN4O5S/c16-7-1-2-10(13-11(7)14(22)21(24)15(23)20-13)27(25,26)6-3-8(17)12-9(4-6)18-5-19-12/h1-5,24H,(H,18,19)(H,20,23). The fourth-order valence-electron chi connectivity index (χ4n) is 2.74. The van der Waals surface area contributed by atoms with E-state index in [1.54, 1.807) is 0 Å². The number of hydrogen-bond donors (Lipinski definition) is 3. The second-order valence-corrected chi connectivity index (χ2v) is 7.88. The van der Waals surface area contributed by atoms with E-state index in [0.29, 0.717) is 0 Å². The van der Waals surface area contributed by atoms with E-state index in [1.165, 1.54) is 12.4 Å². The molecule has 4 rings (SSSR count). The highest BCUT2D eigenvalue weighted by Gasteiger charge is 2.25. The van der Waals surface area contributed by atoms with Crippen molar-refractivity contribution in [2.45, 2.75) is 9.79 Å². The lowest BCUT2D eigenvalue weighted by Gasteiger charge is -2.10. The van der Waals surface area contributed by atoms with Gasteiger partial charge in [-0.25, -0.2) is 22.6 Å². The number of nitrogens with one attached hydrogen (secondary N) is 2. The molecule has 12 heteroatoms. The molecule has 27 heavy (non-hydrogen) atoms. The van der Waals surface area contributed by atoms with Crippen LogP contribution in [0.3, 0.4) is 0 Å². The minimum atomic E-state index is -4.37. The molecule has 2 aromatic carbocycles. The van der Waals surface area contributed by atoms with E-state index in [-0.39, 0.29) is 20.8 Å². The van der Waals surface area contributed by atoms with Crippen molar-refractivity contribution >= 4 is 43.4 Å². The molecule has 0 aliphatic heterocycles. The monoisotopic (exact) mass is 410 g/mol. The second kappa shape index (κ2) is 5.66. The average molecular weight is 411 g/mol. The van der Waals surface area contributed by atoms with Gasteiger partial charge in [0.2, 0.25) is 9.84 Å². The lowest BCUT2D eigenvalue weighted by Crippen LogP contribution is -2.33. The molecule has 138 valence electrons. The van der Waals surface area contributed by atoms with Crippen LogP contribution in [0, 0.1) is 5.82 Å². The van der Waals surface area contributed by atoms with Crippen LogP contribution in [0.1, 0.15) is 0 Å². The maximum absolute atomic E-state index is 14.2. The van der Waals surface area contributed by atoms with Crippen LogP contribution >= 0.6 is 11.6 Å². The predicted octanol–water partition coefficient (Wildman–Crippen LogP) is 1.43. The van der Waals surface area contributed by atoms with Crippen LogP contribution in [0.25, 0.3) is 21.9 Å². The molecule has 0 amide bonds. The Labute approximate surface area is 153 Å². The lowest BCUT2D eigenvalue weighted by molar-refractivity contribution is 0.162. The highest BCUT2D eigenvalue weighted by atomic mass is 35.5. The molecule has 0 fully saturated rings. The van der Waals surface area contributed by atoms with Gasteiger partial charge in [0.1, 0.15) is 5.52 Å². The van der Waals surface area contributed by atoms with E-state index in [2.05, 4.69) is 15.0 Å². The minimum Gasteiger partial charge on any atom is -0.421 e. The Kier molecular flexibility index (Phi) is 3.61. The molecule has 0 spiro atoms. The Hall–Kier alpha value is -3.18. The van der Waals surface area contributed by atoms with Gasteiger partial charge in [0.15, 0.2) is 5.82 Å². The normalized spacial score (nSPS) is 12.1. The molecular weight excluding hydrogens is 403 g/mol. The van der Waals surface area contributed by atoms with Crippen LogP contribution in [0.5, 0.6) is 0 Å². The van der Waals surface area contributed by atoms with E-state index in [9.17, 15) is 27.6 Å². The number of aromatic amines is 2. The highest BCUT2D eigenvalue weighted by Crippen LogP contribution is 2.31. The summed E-state index contributed by atoms with van der Waals surface area (Å²) in [6.07, 6.45) is 1.21. The van der Waals surface area contributed by atoms with Gasteiger partial charge in [0, 0.05) is 0 Å². The molecule has 0 radical (unpaired) electrons. The summed E-state index contributed by atoms with van der Waals surface area (Å²) in [5.41, 5.74) is -2.72. The molecule has 0 saturated carbocycles. The molecule has 2 aromatic heterocycles. The number of sulfone groups is 1. The summed E-state index contributed by atoms with van der Waals surface area (Å²) in [4.78, 5) is 31.4. The van der Waals surface area contributed by atoms with Gasteiger partial charge in [-0.05, 0) is 24.3 Å². The summed E-state index contributed by atoms with van der Waals surface area (Å²) in [6, 6.07) is 4.16. The molecule has 9 nitrogen and oxygen atoms in total. The van der Waals surface area contributed by atoms with Crippen molar-refractivity contribution in [3.63, 3.8) is 0 Å². The van der Waals surface area contributed by atoms with E-state index in [1.807, 2.05) is 0 Å². The van der Waals surface area contributed by atoms with Gasteiger partial charge in [-0.15, -0.1) is 0 Å². The Morgan fingerprint density at radius 3 is 2.70 bits per heavy atom. The van der Waals surface area contributed by atoms with Crippen molar-refractivity contribution in [1.29, 1.82) is 0 Å². The SMILES string of the molecule is O=c1[nH]c2c(S(=O)(=O)c3cc(F)c4nc[nH]c4c3)ccc(Cl)c2c(=O)n1O. The second-order valence-electron chi connectivity index (χ2n) is 5.55. The van der Waals surface area contributed by atoms with E-state index in [4.69, 9.17) is 11.6 Å². The molecular formula is C15H8ClFN4O5S.